The topological polar surface area (TPSA) is 66.4 Å². The molecule has 0 saturated heterocycles. The lowest BCUT2D eigenvalue weighted by Gasteiger charge is -2.11. The number of hydrogen-bond acceptors (Lipinski definition) is 3. The average Bonchev–Trinajstić information content (AvgIpc) is 2.55. The average molecular weight is 343 g/mol. The van der Waals surface area contributed by atoms with Crippen LogP contribution in [-0.4, -0.2) is 23.5 Å². The van der Waals surface area contributed by atoms with Crippen LogP contribution in [0.5, 0.6) is 0 Å². The van der Waals surface area contributed by atoms with Gasteiger partial charge in [-0.2, -0.15) is 0 Å². The van der Waals surface area contributed by atoms with Crippen LogP contribution >= 0.6 is 11.8 Å². The van der Waals surface area contributed by atoms with Gasteiger partial charge in [0.2, 0.25) is 0 Å². The lowest BCUT2D eigenvalue weighted by atomic mass is 10.1. The van der Waals surface area contributed by atoms with Crippen LogP contribution in [0.3, 0.4) is 0 Å². The molecule has 2 aromatic carbocycles. The van der Waals surface area contributed by atoms with Crippen LogP contribution in [-0.2, 0) is 4.79 Å². The lowest BCUT2D eigenvalue weighted by Crippen LogP contribution is -2.25. The quantitative estimate of drug-likeness (QED) is 0.707. The third kappa shape index (κ3) is 5.74. The largest absolute Gasteiger partial charge is 0.481 e. The van der Waals surface area contributed by atoms with Crippen LogP contribution in [0.25, 0.3) is 0 Å². The van der Waals surface area contributed by atoms with Gasteiger partial charge in [-0.15, -0.1) is 0 Å². The maximum atomic E-state index is 12.4. The first-order chi connectivity index (χ1) is 11.6. The predicted octanol–water partition coefficient (Wildman–Crippen LogP) is 4.13. The van der Waals surface area contributed by atoms with Crippen LogP contribution in [0.4, 0.5) is 0 Å². The Morgan fingerprint density at radius 1 is 1.08 bits per heavy atom. The number of unbranched alkanes of at least 4 members (excludes halogenated alkanes) is 1. The lowest BCUT2D eigenvalue weighted by molar-refractivity contribution is -0.137. The summed E-state index contributed by atoms with van der Waals surface area (Å²) in [5.74, 6) is -0.926. The van der Waals surface area contributed by atoms with Gasteiger partial charge < -0.3 is 10.4 Å². The van der Waals surface area contributed by atoms with Crippen molar-refractivity contribution in [3.63, 3.8) is 0 Å². The molecule has 0 aliphatic heterocycles. The van der Waals surface area contributed by atoms with E-state index < -0.39 is 5.97 Å². The molecule has 0 saturated carbocycles. The monoisotopic (exact) mass is 343 g/mol. The molecule has 0 unspecified atom stereocenters. The van der Waals surface area contributed by atoms with Crippen LogP contribution in [0.15, 0.2) is 58.3 Å². The van der Waals surface area contributed by atoms with Gasteiger partial charge in [0.1, 0.15) is 0 Å². The van der Waals surface area contributed by atoms with Crippen LogP contribution < -0.4 is 5.32 Å². The van der Waals surface area contributed by atoms with Gasteiger partial charge in [0, 0.05) is 22.8 Å². The Balaban J connectivity index is 2.01. The molecule has 0 aliphatic carbocycles. The van der Waals surface area contributed by atoms with E-state index in [1.54, 1.807) is 11.8 Å². The molecule has 4 nitrogen and oxygen atoms in total. The van der Waals surface area contributed by atoms with Crippen LogP contribution in [0, 0.1) is 6.92 Å². The summed E-state index contributed by atoms with van der Waals surface area (Å²) >= 11 is 1.57. The summed E-state index contributed by atoms with van der Waals surface area (Å²) in [4.78, 5) is 24.9. The number of rotatable bonds is 8. The molecule has 0 bridgehead atoms. The summed E-state index contributed by atoms with van der Waals surface area (Å²) in [5.41, 5.74) is 1.75. The minimum absolute atomic E-state index is 0.122. The number of carboxylic acids is 1. The highest BCUT2D eigenvalue weighted by Crippen LogP contribution is 2.31. The van der Waals surface area contributed by atoms with Gasteiger partial charge in [-0.05, 0) is 49.6 Å². The first-order valence-corrected chi connectivity index (χ1v) is 8.71. The first kappa shape index (κ1) is 18.1. The highest BCUT2D eigenvalue weighted by molar-refractivity contribution is 7.99. The van der Waals surface area contributed by atoms with Gasteiger partial charge in [0.15, 0.2) is 0 Å². The zero-order valence-electron chi connectivity index (χ0n) is 13.6. The van der Waals surface area contributed by atoms with Crippen molar-refractivity contribution < 1.29 is 14.7 Å². The van der Waals surface area contributed by atoms with Crippen molar-refractivity contribution >= 4 is 23.6 Å². The Morgan fingerprint density at radius 3 is 2.54 bits per heavy atom. The van der Waals surface area contributed by atoms with Gasteiger partial charge in [0.05, 0.1) is 5.56 Å². The number of carboxylic acid groups (broad SMARTS) is 1. The highest BCUT2D eigenvalue weighted by Gasteiger charge is 2.12. The summed E-state index contributed by atoms with van der Waals surface area (Å²) in [6, 6.07) is 15.7. The molecule has 1 amide bonds. The van der Waals surface area contributed by atoms with E-state index in [2.05, 4.69) is 5.32 Å². The van der Waals surface area contributed by atoms with Crippen molar-refractivity contribution in [1.29, 1.82) is 0 Å². The second kappa shape index (κ2) is 9.13. The minimum atomic E-state index is -0.804. The van der Waals surface area contributed by atoms with Gasteiger partial charge in [-0.1, -0.05) is 36.0 Å². The number of benzene rings is 2. The molecule has 0 fully saturated rings. The van der Waals surface area contributed by atoms with E-state index >= 15 is 0 Å². The smallest absolute Gasteiger partial charge is 0.303 e. The van der Waals surface area contributed by atoms with E-state index in [1.807, 2.05) is 55.5 Å². The predicted molar refractivity (Wildman–Crippen MR) is 95.6 cm³/mol. The van der Waals surface area contributed by atoms with E-state index in [9.17, 15) is 9.59 Å². The van der Waals surface area contributed by atoms with Crippen LogP contribution in [0.2, 0.25) is 0 Å². The minimum Gasteiger partial charge on any atom is -0.481 e. The summed E-state index contributed by atoms with van der Waals surface area (Å²) in [5, 5.41) is 11.5. The first-order valence-electron chi connectivity index (χ1n) is 7.90. The summed E-state index contributed by atoms with van der Waals surface area (Å²) in [7, 11) is 0. The van der Waals surface area contributed by atoms with Gasteiger partial charge in [-0.3, -0.25) is 9.59 Å². The molecule has 24 heavy (non-hydrogen) atoms. The second-order valence-electron chi connectivity index (χ2n) is 5.52. The third-order valence-electron chi connectivity index (χ3n) is 3.46. The van der Waals surface area contributed by atoms with Crippen LogP contribution in [0.1, 0.15) is 35.2 Å². The molecule has 126 valence electrons. The number of nitrogens with one attached hydrogen (secondary N) is 1. The highest BCUT2D eigenvalue weighted by atomic mass is 32.2. The molecule has 0 spiro atoms. The molecule has 2 aromatic rings. The van der Waals surface area contributed by atoms with Crippen molar-refractivity contribution in [2.24, 2.45) is 0 Å². The van der Waals surface area contributed by atoms with E-state index in [0.717, 1.165) is 15.4 Å². The number of aryl methyl sites for hydroxylation is 1. The Bertz CT molecular complexity index is 701. The Kier molecular flexibility index (Phi) is 6.88. The van der Waals surface area contributed by atoms with Gasteiger partial charge in [-0.25, -0.2) is 0 Å². The summed E-state index contributed by atoms with van der Waals surface area (Å²) in [6.07, 6.45) is 1.36. The Hall–Kier alpha value is -2.27. The zero-order chi connectivity index (χ0) is 17.4. The fraction of sp³-hybridized carbons (Fsp3) is 0.263. The number of amides is 1. The third-order valence-corrected chi connectivity index (χ3v) is 4.52. The maximum absolute atomic E-state index is 12.4. The molecule has 0 radical (unpaired) electrons. The van der Waals surface area contributed by atoms with E-state index in [1.165, 1.54) is 0 Å². The van der Waals surface area contributed by atoms with Crippen molar-refractivity contribution in [2.45, 2.75) is 36.0 Å². The molecule has 0 aliphatic rings. The second-order valence-corrected chi connectivity index (χ2v) is 6.64. The van der Waals surface area contributed by atoms with Crippen molar-refractivity contribution in [3.8, 4) is 0 Å². The standard InChI is InChI=1S/C19H21NO3S/c1-14-10-11-16(19(23)20-12-6-5-9-18(21)22)17(13-14)24-15-7-3-2-4-8-15/h2-4,7-8,10-11,13H,5-6,9,12H2,1H3,(H,20,23)(H,21,22). The molecule has 5 heteroatoms. The Morgan fingerprint density at radius 2 is 1.83 bits per heavy atom. The summed E-state index contributed by atoms with van der Waals surface area (Å²) < 4.78 is 0. The van der Waals surface area contributed by atoms with Crippen molar-refractivity contribution in [2.75, 3.05) is 6.54 Å². The fourth-order valence-corrected chi connectivity index (χ4v) is 3.28. The fourth-order valence-electron chi connectivity index (χ4n) is 2.22. The normalized spacial score (nSPS) is 10.4. The van der Waals surface area contributed by atoms with Gasteiger partial charge in [0.25, 0.3) is 5.91 Å². The number of aliphatic carboxylic acids is 1. The van der Waals surface area contributed by atoms with Crippen molar-refractivity contribution in [1.82, 2.24) is 5.32 Å². The molecule has 2 N–H and O–H groups in total. The van der Waals surface area contributed by atoms with E-state index in [4.69, 9.17) is 5.11 Å². The zero-order valence-corrected chi connectivity index (χ0v) is 14.4. The Labute approximate surface area is 146 Å². The number of carbonyl (C=O) groups is 2. The molecule has 0 atom stereocenters. The molecule has 0 aromatic heterocycles. The molecular formula is C19H21NO3S. The van der Waals surface area contributed by atoms with E-state index in [-0.39, 0.29) is 12.3 Å². The maximum Gasteiger partial charge on any atom is 0.303 e. The molecule has 0 heterocycles. The summed E-state index contributed by atoms with van der Waals surface area (Å²) in [6.45, 7) is 2.48. The number of hydrogen-bond donors (Lipinski definition) is 2. The van der Waals surface area contributed by atoms with E-state index in [0.29, 0.717) is 24.9 Å². The SMILES string of the molecule is Cc1ccc(C(=O)NCCCCC(=O)O)c(Sc2ccccc2)c1. The van der Waals surface area contributed by atoms with Gasteiger partial charge >= 0.3 is 5.97 Å². The molecule has 2 rings (SSSR count). The van der Waals surface area contributed by atoms with Crippen molar-refractivity contribution in [3.05, 3.63) is 59.7 Å². The molecular weight excluding hydrogens is 322 g/mol. The number of carbonyl (C=O) groups excluding carboxylic acids is 1.